The van der Waals surface area contributed by atoms with Gasteiger partial charge in [0, 0.05) is 0 Å². The number of aryl methyl sites for hydroxylation is 2. The molecule has 0 bridgehead atoms. The number of hydrogen-bond acceptors (Lipinski definition) is 4. The Morgan fingerprint density at radius 2 is 1.84 bits per heavy atom. The van der Waals surface area contributed by atoms with Crippen molar-refractivity contribution in [2.75, 3.05) is 20.8 Å². The molecule has 136 valence electrons. The molecule has 1 atom stereocenters. The molecule has 0 aliphatic heterocycles. The molecule has 0 fully saturated rings. The largest absolute Gasteiger partial charge is 0.493 e. The van der Waals surface area contributed by atoms with Crippen molar-refractivity contribution in [1.29, 1.82) is 0 Å². The Bertz CT molecular complexity index is 734. The first-order chi connectivity index (χ1) is 12.9. The van der Waals surface area contributed by atoms with E-state index in [2.05, 4.69) is 0 Å². The Balaban J connectivity index is 1.82. The minimum Gasteiger partial charge on any atom is -0.493 e. The summed E-state index contributed by atoms with van der Waals surface area (Å²) in [6.07, 6.45) is 1.46. The molecule has 4 heteroatoms. The van der Waals surface area contributed by atoms with E-state index in [1.54, 1.807) is 32.4 Å². The number of unbranched alkanes of at least 4 members (excludes halogenated alkanes) is 1. The van der Waals surface area contributed by atoms with Gasteiger partial charge in [0.15, 0.2) is 11.5 Å². The first kappa shape index (κ1) is 16.3. The minimum atomic E-state index is -2.13. The number of aliphatic hydroxyl groups is 1. The second-order valence-corrected chi connectivity index (χ2v) is 5.99. The number of hydrogen-bond donors (Lipinski definition) is 1. The van der Waals surface area contributed by atoms with Crippen LogP contribution in [0, 0.1) is 6.92 Å². The van der Waals surface area contributed by atoms with Gasteiger partial charge in [0.05, 0.1) is 23.1 Å². The fourth-order valence-corrected chi connectivity index (χ4v) is 2.58. The molecule has 0 radical (unpaired) electrons. The molecule has 1 unspecified atom stereocenters. The Labute approximate surface area is 153 Å². The van der Waals surface area contributed by atoms with Gasteiger partial charge in [0.25, 0.3) is 0 Å². The van der Waals surface area contributed by atoms with E-state index < -0.39 is 12.7 Å². The maximum absolute atomic E-state index is 10.2. The van der Waals surface area contributed by atoms with Crippen molar-refractivity contribution in [3.8, 4) is 17.2 Å². The van der Waals surface area contributed by atoms with Crippen LogP contribution >= 0.6 is 0 Å². The van der Waals surface area contributed by atoms with Crippen molar-refractivity contribution in [2.24, 2.45) is 0 Å². The average Bonchev–Trinajstić information content (AvgIpc) is 2.64. The average molecular weight is 346 g/mol. The Hall–Kier alpha value is -2.20. The summed E-state index contributed by atoms with van der Waals surface area (Å²) >= 11 is 0. The maximum Gasteiger partial charge on any atom is 0.160 e. The summed E-state index contributed by atoms with van der Waals surface area (Å²) in [5.74, 6) is 1.81. The minimum absolute atomic E-state index is 0.326. The van der Waals surface area contributed by atoms with Gasteiger partial charge in [-0.05, 0) is 61.6 Å². The van der Waals surface area contributed by atoms with E-state index >= 15 is 0 Å². The Kier molecular flexibility index (Phi) is 6.47. The number of benzene rings is 2. The maximum atomic E-state index is 10.2. The standard InChI is InChI=1S/C21H28O4/c1-16-7-6-10-19(13-16)25-15-18(22)9-5-4-8-17-11-12-20(23-2)21(14-17)24-3/h6-7,10-14,18,22H,4-5,8-9,15H2,1-3H3/i15D2. The van der Waals surface area contributed by atoms with E-state index in [0.717, 1.165) is 24.0 Å². The fraction of sp³-hybridized carbons (Fsp3) is 0.429. The van der Waals surface area contributed by atoms with E-state index in [4.69, 9.17) is 17.0 Å². The van der Waals surface area contributed by atoms with Crippen molar-refractivity contribution >= 4 is 0 Å². The molecule has 0 aliphatic rings. The van der Waals surface area contributed by atoms with Crippen LogP contribution < -0.4 is 14.2 Å². The lowest BCUT2D eigenvalue weighted by molar-refractivity contribution is 0.0976. The summed E-state index contributed by atoms with van der Waals surface area (Å²) < 4.78 is 31.9. The highest BCUT2D eigenvalue weighted by Crippen LogP contribution is 2.28. The van der Waals surface area contributed by atoms with Gasteiger partial charge in [0.2, 0.25) is 0 Å². The molecule has 2 rings (SSSR count). The zero-order valence-electron chi connectivity index (χ0n) is 17.1. The predicted molar refractivity (Wildman–Crippen MR) is 99.8 cm³/mol. The van der Waals surface area contributed by atoms with E-state index in [1.165, 1.54) is 0 Å². The molecule has 2 aromatic carbocycles. The van der Waals surface area contributed by atoms with E-state index in [-0.39, 0.29) is 0 Å². The summed E-state index contributed by atoms with van der Waals surface area (Å²) in [6, 6.07) is 12.9. The quantitative estimate of drug-likeness (QED) is 0.656. The van der Waals surface area contributed by atoms with Crippen LogP contribution in [0.2, 0.25) is 0 Å². The van der Waals surface area contributed by atoms with Crippen LogP contribution in [-0.4, -0.2) is 32.0 Å². The number of aliphatic hydroxyl groups excluding tert-OH is 1. The molecule has 0 saturated carbocycles. The SMILES string of the molecule is [2H]C([2H])(Oc1cccc(C)c1)C(O)CCCCc1ccc(OC)c(OC)c1. The molecule has 0 heterocycles. The Morgan fingerprint density at radius 3 is 2.56 bits per heavy atom. The van der Waals surface area contributed by atoms with Gasteiger partial charge >= 0.3 is 0 Å². The highest BCUT2D eigenvalue weighted by Gasteiger charge is 2.07. The monoisotopic (exact) mass is 346 g/mol. The molecule has 0 amide bonds. The highest BCUT2D eigenvalue weighted by molar-refractivity contribution is 5.42. The summed E-state index contributed by atoms with van der Waals surface area (Å²) in [5, 5.41) is 10.2. The van der Waals surface area contributed by atoms with Crippen LogP contribution in [-0.2, 0) is 6.42 Å². The molecule has 2 aromatic rings. The first-order valence-electron chi connectivity index (χ1n) is 9.50. The second kappa shape index (κ2) is 9.94. The molecule has 25 heavy (non-hydrogen) atoms. The first-order valence-corrected chi connectivity index (χ1v) is 8.50. The summed E-state index contributed by atoms with van der Waals surface area (Å²) in [6.45, 7) is -0.218. The lowest BCUT2D eigenvalue weighted by atomic mass is 10.0. The summed E-state index contributed by atoms with van der Waals surface area (Å²) in [4.78, 5) is 0. The van der Waals surface area contributed by atoms with E-state index in [0.29, 0.717) is 30.1 Å². The van der Waals surface area contributed by atoms with Gasteiger partial charge in [-0.1, -0.05) is 24.6 Å². The topological polar surface area (TPSA) is 47.9 Å². The van der Waals surface area contributed by atoms with E-state index in [1.807, 2.05) is 31.2 Å². The third-order valence-corrected chi connectivity index (χ3v) is 3.94. The van der Waals surface area contributed by atoms with Crippen molar-refractivity contribution in [3.63, 3.8) is 0 Å². The van der Waals surface area contributed by atoms with Crippen molar-refractivity contribution < 1.29 is 22.1 Å². The number of rotatable bonds is 10. The third-order valence-electron chi connectivity index (χ3n) is 3.94. The Morgan fingerprint density at radius 1 is 1.04 bits per heavy atom. The second-order valence-electron chi connectivity index (χ2n) is 5.99. The van der Waals surface area contributed by atoms with Crippen LogP contribution in [0.4, 0.5) is 0 Å². The number of methoxy groups -OCH3 is 2. The highest BCUT2D eigenvalue weighted by atomic mass is 16.5. The van der Waals surface area contributed by atoms with Crippen molar-refractivity contribution in [1.82, 2.24) is 0 Å². The summed E-state index contributed by atoms with van der Waals surface area (Å²) in [7, 11) is 3.21. The van der Waals surface area contributed by atoms with Crippen LogP contribution in [0.3, 0.4) is 0 Å². The summed E-state index contributed by atoms with van der Waals surface area (Å²) in [5.41, 5.74) is 2.09. The van der Waals surface area contributed by atoms with Crippen LogP contribution in [0.15, 0.2) is 42.5 Å². The van der Waals surface area contributed by atoms with Crippen LogP contribution in [0.1, 0.15) is 33.1 Å². The van der Waals surface area contributed by atoms with Gasteiger partial charge < -0.3 is 19.3 Å². The van der Waals surface area contributed by atoms with E-state index in [9.17, 15) is 5.11 Å². The van der Waals surface area contributed by atoms with Crippen molar-refractivity contribution in [2.45, 2.75) is 38.7 Å². The van der Waals surface area contributed by atoms with Crippen LogP contribution in [0.25, 0.3) is 0 Å². The third kappa shape index (κ3) is 6.31. The van der Waals surface area contributed by atoms with Gasteiger partial charge in [-0.3, -0.25) is 0 Å². The van der Waals surface area contributed by atoms with Gasteiger partial charge in [-0.15, -0.1) is 0 Å². The normalized spacial score (nSPS) is 13.6. The van der Waals surface area contributed by atoms with Gasteiger partial charge in [0.1, 0.15) is 12.3 Å². The molecule has 0 aromatic heterocycles. The smallest absolute Gasteiger partial charge is 0.160 e. The van der Waals surface area contributed by atoms with Gasteiger partial charge in [-0.2, -0.15) is 0 Å². The predicted octanol–water partition coefficient (Wildman–Crippen LogP) is 4.16. The molecule has 0 aliphatic carbocycles. The van der Waals surface area contributed by atoms with Crippen LogP contribution in [0.5, 0.6) is 17.2 Å². The number of ether oxygens (including phenoxy) is 3. The molecular weight excluding hydrogens is 316 g/mol. The van der Waals surface area contributed by atoms with Crippen molar-refractivity contribution in [3.05, 3.63) is 53.6 Å². The zero-order valence-corrected chi connectivity index (χ0v) is 15.1. The lowest BCUT2D eigenvalue weighted by Gasteiger charge is -2.13. The molecule has 4 nitrogen and oxygen atoms in total. The zero-order chi connectivity index (χ0) is 19.9. The molecule has 0 saturated heterocycles. The fourth-order valence-electron chi connectivity index (χ4n) is 2.58. The lowest BCUT2D eigenvalue weighted by Crippen LogP contribution is -2.17. The van der Waals surface area contributed by atoms with Gasteiger partial charge in [-0.25, -0.2) is 0 Å². The molecule has 0 spiro atoms. The molecular formula is C21H28O4. The molecule has 1 N–H and O–H groups in total.